The third kappa shape index (κ3) is 4.13. The lowest BCUT2D eigenvalue weighted by Crippen LogP contribution is -2.24. The van der Waals surface area contributed by atoms with E-state index in [1.54, 1.807) is 0 Å². The van der Waals surface area contributed by atoms with Gasteiger partial charge in [0.1, 0.15) is 5.82 Å². The molecule has 1 fully saturated rings. The normalized spacial score (nSPS) is 14.8. The maximum Gasteiger partial charge on any atom is 0.256 e. The molecule has 5 heteroatoms. The van der Waals surface area contributed by atoms with Gasteiger partial charge in [0.2, 0.25) is 0 Å². The highest BCUT2D eigenvalue weighted by Crippen LogP contribution is 2.19. The SMILES string of the molecule is O=C(NCc1ccc(CN2CCCC2)cc1)c1c(F)cccc1Cl. The maximum atomic E-state index is 13.7. The molecule has 24 heavy (non-hydrogen) atoms. The van der Waals surface area contributed by atoms with Crippen molar-refractivity contribution in [2.75, 3.05) is 13.1 Å². The molecule has 3 rings (SSSR count). The number of carbonyl (C=O) groups is 1. The molecule has 0 aliphatic carbocycles. The van der Waals surface area contributed by atoms with Gasteiger partial charge in [-0.15, -0.1) is 0 Å². The largest absolute Gasteiger partial charge is 0.348 e. The van der Waals surface area contributed by atoms with Gasteiger partial charge in [-0.05, 0) is 49.2 Å². The summed E-state index contributed by atoms with van der Waals surface area (Å²) in [4.78, 5) is 14.6. The molecule has 2 aromatic rings. The molecule has 2 aromatic carbocycles. The monoisotopic (exact) mass is 346 g/mol. The van der Waals surface area contributed by atoms with Crippen LogP contribution in [0.3, 0.4) is 0 Å². The van der Waals surface area contributed by atoms with Crippen molar-refractivity contribution in [2.24, 2.45) is 0 Å². The first-order valence-corrected chi connectivity index (χ1v) is 8.53. The fourth-order valence-electron chi connectivity index (χ4n) is 2.95. The van der Waals surface area contributed by atoms with Crippen LogP contribution in [0, 0.1) is 5.82 Å². The van der Waals surface area contributed by atoms with Crippen LogP contribution in [0.2, 0.25) is 5.02 Å². The van der Waals surface area contributed by atoms with Crippen molar-refractivity contribution in [3.8, 4) is 0 Å². The topological polar surface area (TPSA) is 32.3 Å². The fourth-order valence-corrected chi connectivity index (χ4v) is 3.20. The molecule has 3 nitrogen and oxygen atoms in total. The summed E-state index contributed by atoms with van der Waals surface area (Å²) in [6, 6.07) is 12.4. The van der Waals surface area contributed by atoms with E-state index in [1.165, 1.54) is 49.7 Å². The van der Waals surface area contributed by atoms with Gasteiger partial charge in [-0.25, -0.2) is 4.39 Å². The molecule has 1 amide bonds. The molecule has 1 aliphatic rings. The number of nitrogens with one attached hydrogen (secondary N) is 1. The lowest BCUT2D eigenvalue weighted by Gasteiger charge is -2.14. The van der Waals surface area contributed by atoms with Gasteiger partial charge in [-0.2, -0.15) is 0 Å². The van der Waals surface area contributed by atoms with Crippen LogP contribution in [-0.2, 0) is 13.1 Å². The van der Waals surface area contributed by atoms with Crippen LogP contribution in [0.5, 0.6) is 0 Å². The Balaban J connectivity index is 1.57. The standard InChI is InChI=1S/C19H20ClFN2O/c20-16-4-3-5-17(21)18(16)19(24)22-12-14-6-8-15(9-7-14)13-23-10-1-2-11-23/h3-9H,1-2,10-13H2,(H,22,24). The second-order valence-corrected chi connectivity index (χ2v) is 6.49. The van der Waals surface area contributed by atoms with E-state index in [0.717, 1.165) is 12.1 Å². The first-order valence-electron chi connectivity index (χ1n) is 8.16. The molecule has 0 spiro atoms. The summed E-state index contributed by atoms with van der Waals surface area (Å²) in [6.45, 7) is 3.65. The summed E-state index contributed by atoms with van der Waals surface area (Å²) in [5.74, 6) is -1.11. The third-order valence-corrected chi connectivity index (χ3v) is 4.59. The average molecular weight is 347 g/mol. The lowest BCUT2D eigenvalue weighted by atomic mass is 10.1. The smallest absolute Gasteiger partial charge is 0.256 e. The predicted molar refractivity (Wildman–Crippen MR) is 93.5 cm³/mol. The minimum Gasteiger partial charge on any atom is -0.348 e. The van der Waals surface area contributed by atoms with E-state index >= 15 is 0 Å². The van der Waals surface area contributed by atoms with Crippen molar-refractivity contribution in [1.82, 2.24) is 10.2 Å². The molecule has 0 unspecified atom stereocenters. The van der Waals surface area contributed by atoms with E-state index in [2.05, 4.69) is 22.3 Å². The molecule has 1 heterocycles. The van der Waals surface area contributed by atoms with Crippen LogP contribution in [0.4, 0.5) is 4.39 Å². The van der Waals surface area contributed by atoms with Gasteiger partial charge in [0.25, 0.3) is 5.91 Å². The Morgan fingerprint density at radius 2 is 1.75 bits per heavy atom. The third-order valence-electron chi connectivity index (χ3n) is 4.27. The zero-order valence-electron chi connectivity index (χ0n) is 13.4. The van der Waals surface area contributed by atoms with Crippen molar-refractivity contribution in [2.45, 2.75) is 25.9 Å². The minimum atomic E-state index is -0.610. The fraction of sp³-hybridized carbons (Fsp3) is 0.316. The number of likely N-dealkylation sites (tertiary alicyclic amines) is 1. The summed E-state index contributed by atoms with van der Waals surface area (Å²) in [6.07, 6.45) is 2.56. The number of halogens is 2. The average Bonchev–Trinajstić information content (AvgIpc) is 3.07. The van der Waals surface area contributed by atoms with Crippen LogP contribution in [0.1, 0.15) is 34.3 Å². The number of nitrogens with zero attached hydrogens (tertiary/aromatic N) is 1. The Bertz CT molecular complexity index is 692. The first kappa shape index (κ1) is 16.9. The molecular formula is C19H20ClFN2O. The Morgan fingerprint density at radius 3 is 2.42 bits per heavy atom. The molecule has 1 N–H and O–H groups in total. The van der Waals surface area contributed by atoms with Crippen molar-refractivity contribution >= 4 is 17.5 Å². The van der Waals surface area contributed by atoms with Crippen LogP contribution in [-0.4, -0.2) is 23.9 Å². The number of rotatable bonds is 5. The van der Waals surface area contributed by atoms with Gasteiger partial charge < -0.3 is 5.32 Å². The van der Waals surface area contributed by atoms with Gasteiger partial charge in [0.15, 0.2) is 0 Å². The highest BCUT2D eigenvalue weighted by molar-refractivity contribution is 6.33. The Morgan fingerprint density at radius 1 is 1.08 bits per heavy atom. The molecule has 1 saturated heterocycles. The molecule has 0 radical (unpaired) electrons. The van der Waals surface area contributed by atoms with Gasteiger partial charge in [-0.3, -0.25) is 9.69 Å². The molecule has 0 bridgehead atoms. The van der Waals surface area contributed by atoms with Crippen molar-refractivity contribution < 1.29 is 9.18 Å². The van der Waals surface area contributed by atoms with Crippen LogP contribution in [0.15, 0.2) is 42.5 Å². The number of benzene rings is 2. The van der Waals surface area contributed by atoms with Gasteiger partial charge >= 0.3 is 0 Å². The van der Waals surface area contributed by atoms with Crippen molar-refractivity contribution in [1.29, 1.82) is 0 Å². The van der Waals surface area contributed by atoms with Gasteiger partial charge in [0.05, 0.1) is 10.6 Å². The zero-order chi connectivity index (χ0) is 16.9. The molecular weight excluding hydrogens is 327 g/mol. The lowest BCUT2D eigenvalue weighted by molar-refractivity contribution is 0.0947. The molecule has 126 valence electrons. The molecule has 1 aliphatic heterocycles. The number of hydrogen-bond acceptors (Lipinski definition) is 2. The Labute approximate surface area is 146 Å². The number of hydrogen-bond donors (Lipinski definition) is 1. The Hall–Kier alpha value is -1.91. The number of amides is 1. The summed E-state index contributed by atoms with van der Waals surface area (Å²) in [7, 11) is 0. The summed E-state index contributed by atoms with van der Waals surface area (Å²) >= 11 is 5.90. The summed E-state index contributed by atoms with van der Waals surface area (Å²) in [5, 5.41) is 2.83. The van der Waals surface area contributed by atoms with E-state index in [1.807, 2.05) is 12.1 Å². The quantitative estimate of drug-likeness (QED) is 0.887. The van der Waals surface area contributed by atoms with E-state index in [-0.39, 0.29) is 10.6 Å². The van der Waals surface area contributed by atoms with E-state index < -0.39 is 11.7 Å². The van der Waals surface area contributed by atoms with E-state index in [9.17, 15) is 9.18 Å². The second-order valence-electron chi connectivity index (χ2n) is 6.08. The Kier molecular flexibility index (Phi) is 5.48. The summed E-state index contributed by atoms with van der Waals surface area (Å²) in [5.41, 5.74) is 2.13. The minimum absolute atomic E-state index is 0.107. The van der Waals surface area contributed by atoms with Crippen LogP contribution in [0.25, 0.3) is 0 Å². The van der Waals surface area contributed by atoms with E-state index in [4.69, 9.17) is 11.6 Å². The highest BCUT2D eigenvalue weighted by Gasteiger charge is 2.15. The number of carbonyl (C=O) groups excluding carboxylic acids is 1. The zero-order valence-corrected chi connectivity index (χ0v) is 14.2. The molecule has 0 saturated carbocycles. The van der Waals surface area contributed by atoms with Crippen molar-refractivity contribution in [3.05, 3.63) is 70.0 Å². The van der Waals surface area contributed by atoms with Crippen LogP contribution >= 0.6 is 11.6 Å². The second kappa shape index (κ2) is 7.77. The summed E-state index contributed by atoms with van der Waals surface area (Å²) < 4.78 is 13.7. The molecule has 0 atom stereocenters. The predicted octanol–water partition coefficient (Wildman–Crippen LogP) is 4.00. The maximum absolute atomic E-state index is 13.7. The van der Waals surface area contributed by atoms with E-state index in [0.29, 0.717) is 6.54 Å². The first-order chi connectivity index (χ1) is 11.6. The highest BCUT2D eigenvalue weighted by atomic mass is 35.5. The van der Waals surface area contributed by atoms with Gasteiger partial charge in [-0.1, -0.05) is 41.9 Å². The van der Waals surface area contributed by atoms with Gasteiger partial charge in [0, 0.05) is 13.1 Å². The van der Waals surface area contributed by atoms with Crippen molar-refractivity contribution in [3.63, 3.8) is 0 Å². The molecule has 0 aromatic heterocycles. The van der Waals surface area contributed by atoms with Crippen LogP contribution < -0.4 is 5.32 Å².